The van der Waals surface area contributed by atoms with E-state index < -0.39 is 0 Å². The molecule has 13 heavy (non-hydrogen) atoms. The lowest BCUT2D eigenvalue weighted by Crippen LogP contribution is -2.25. The van der Waals surface area contributed by atoms with Gasteiger partial charge >= 0.3 is 0 Å². The van der Waals surface area contributed by atoms with Gasteiger partial charge in [-0.25, -0.2) is 4.98 Å². The van der Waals surface area contributed by atoms with Crippen LogP contribution in [-0.2, 0) is 10.3 Å². The summed E-state index contributed by atoms with van der Waals surface area (Å²) >= 11 is 1.24. The molecule has 1 aliphatic rings. The maximum atomic E-state index is 5.55. The van der Waals surface area contributed by atoms with Crippen LogP contribution in [-0.4, -0.2) is 16.5 Å². The molecule has 0 amide bonds. The molecule has 2 N–H and O–H groups in total. The van der Waals surface area contributed by atoms with Crippen molar-refractivity contribution in [1.82, 2.24) is 9.36 Å². The second-order valence-corrected chi connectivity index (χ2v) is 4.15. The summed E-state index contributed by atoms with van der Waals surface area (Å²) in [5.41, 5.74) is 5.31. The highest BCUT2D eigenvalue weighted by Crippen LogP contribution is 2.40. The number of anilines is 1. The fraction of sp³-hybridized carbons (Fsp3) is 0.750. The maximum Gasteiger partial charge on any atom is 0.200 e. The summed E-state index contributed by atoms with van der Waals surface area (Å²) in [5.74, 6) is 0.773. The number of methoxy groups -OCH3 is 1. The lowest BCUT2D eigenvalue weighted by Gasteiger charge is -2.23. The number of nitrogens with two attached hydrogens (primary N) is 1. The molecule has 0 bridgehead atoms. The molecule has 0 atom stereocenters. The summed E-state index contributed by atoms with van der Waals surface area (Å²) in [4.78, 5) is 4.20. The smallest absolute Gasteiger partial charge is 0.200 e. The fourth-order valence-electron chi connectivity index (χ4n) is 1.89. The van der Waals surface area contributed by atoms with E-state index in [0.29, 0.717) is 5.13 Å². The Kier molecular flexibility index (Phi) is 2.21. The van der Waals surface area contributed by atoms with Crippen LogP contribution in [0.5, 0.6) is 0 Å². The minimum atomic E-state index is -0.242. The molecule has 1 aromatic rings. The van der Waals surface area contributed by atoms with Crippen LogP contribution >= 0.6 is 11.5 Å². The minimum absolute atomic E-state index is 0.242. The average molecular weight is 199 g/mol. The average Bonchev–Trinajstić information content (AvgIpc) is 2.73. The number of hydrogen-bond donors (Lipinski definition) is 1. The lowest BCUT2D eigenvalue weighted by molar-refractivity contribution is -0.0152. The van der Waals surface area contributed by atoms with Crippen LogP contribution in [0.2, 0.25) is 0 Å². The normalized spacial score (nSPS) is 20.7. The summed E-state index contributed by atoms with van der Waals surface area (Å²) in [6, 6.07) is 0. The molecule has 0 radical (unpaired) electrons. The van der Waals surface area contributed by atoms with Crippen LogP contribution in [0.15, 0.2) is 0 Å². The van der Waals surface area contributed by atoms with Crippen LogP contribution in [0.25, 0.3) is 0 Å². The Morgan fingerprint density at radius 2 is 2.15 bits per heavy atom. The predicted octanol–water partition coefficient (Wildman–Crippen LogP) is 1.54. The van der Waals surface area contributed by atoms with Crippen molar-refractivity contribution in [3.63, 3.8) is 0 Å². The van der Waals surface area contributed by atoms with Gasteiger partial charge in [0.25, 0.3) is 0 Å². The second kappa shape index (κ2) is 3.23. The molecular weight excluding hydrogens is 186 g/mol. The van der Waals surface area contributed by atoms with Crippen LogP contribution in [0.3, 0.4) is 0 Å². The SMILES string of the molecule is COC1(c2nsc(N)n2)CCCC1. The molecule has 1 aliphatic carbocycles. The molecule has 1 aromatic heterocycles. The Morgan fingerprint density at radius 1 is 1.46 bits per heavy atom. The van der Waals surface area contributed by atoms with E-state index in [9.17, 15) is 0 Å². The Labute approximate surface area is 81.3 Å². The van der Waals surface area contributed by atoms with E-state index in [0.717, 1.165) is 18.7 Å². The monoisotopic (exact) mass is 199 g/mol. The number of rotatable bonds is 2. The molecule has 0 aromatic carbocycles. The van der Waals surface area contributed by atoms with Gasteiger partial charge in [0.15, 0.2) is 11.0 Å². The summed E-state index contributed by atoms with van der Waals surface area (Å²) < 4.78 is 9.75. The van der Waals surface area contributed by atoms with E-state index in [1.165, 1.54) is 24.4 Å². The largest absolute Gasteiger partial charge is 0.374 e. The topological polar surface area (TPSA) is 61.0 Å². The minimum Gasteiger partial charge on any atom is -0.374 e. The van der Waals surface area contributed by atoms with Crippen LogP contribution in [0, 0.1) is 0 Å². The van der Waals surface area contributed by atoms with Crippen LogP contribution in [0.1, 0.15) is 31.5 Å². The number of hydrogen-bond acceptors (Lipinski definition) is 5. The Balaban J connectivity index is 2.30. The van der Waals surface area contributed by atoms with Crippen molar-refractivity contribution in [2.75, 3.05) is 12.8 Å². The van der Waals surface area contributed by atoms with Gasteiger partial charge in [0, 0.05) is 18.6 Å². The molecular formula is C8H13N3OS. The first-order chi connectivity index (χ1) is 6.27. The molecule has 4 nitrogen and oxygen atoms in total. The molecule has 0 unspecified atom stereocenters. The van der Waals surface area contributed by atoms with Crippen molar-refractivity contribution in [3.05, 3.63) is 5.82 Å². The number of ether oxygens (including phenoxy) is 1. The van der Waals surface area contributed by atoms with Gasteiger partial charge in [-0.2, -0.15) is 4.37 Å². The van der Waals surface area contributed by atoms with Gasteiger partial charge in [-0.3, -0.25) is 0 Å². The first-order valence-electron chi connectivity index (χ1n) is 4.42. The quantitative estimate of drug-likeness (QED) is 0.784. The molecule has 0 aliphatic heterocycles. The molecule has 5 heteroatoms. The standard InChI is InChI=1S/C8H13N3OS/c1-12-8(4-2-3-5-8)6-10-7(9)13-11-6/h2-5H2,1H3,(H2,9,10,11). The van der Waals surface area contributed by atoms with E-state index in [-0.39, 0.29) is 5.60 Å². The molecule has 1 saturated carbocycles. The Morgan fingerprint density at radius 3 is 2.62 bits per heavy atom. The van der Waals surface area contributed by atoms with Crippen molar-refractivity contribution in [3.8, 4) is 0 Å². The summed E-state index contributed by atoms with van der Waals surface area (Å²) in [6.07, 6.45) is 4.40. The molecule has 2 rings (SSSR count). The summed E-state index contributed by atoms with van der Waals surface area (Å²) in [6.45, 7) is 0. The zero-order valence-corrected chi connectivity index (χ0v) is 8.43. The van der Waals surface area contributed by atoms with Crippen LogP contribution in [0.4, 0.5) is 5.13 Å². The van der Waals surface area contributed by atoms with Gasteiger partial charge in [0.05, 0.1) is 0 Å². The van der Waals surface area contributed by atoms with Gasteiger partial charge in [0.1, 0.15) is 5.60 Å². The first kappa shape index (κ1) is 8.90. The van der Waals surface area contributed by atoms with Crippen molar-refractivity contribution < 1.29 is 4.74 Å². The first-order valence-corrected chi connectivity index (χ1v) is 5.19. The summed E-state index contributed by atoms with van der Waals surface area (Å²) in [7, 11) is 1.72. The van der Waals surface area contributed by atoms with Crippen LogP contribution < -0.4 is 5.73 Å². The second-order valence-electron chi connectivity index (χ2n) is 3.36. The highest BCUT2D eigenvalue weighted by atomic mass is 32.1. The zero-order chi connectivity index (χ0) is 9.31. The number of aromatic nitrogens is 2. The molecule has 0 saturated heterocycles. The molecule has 1 heterocycles. The third kappa shape index (κ3) is 1.42. The highest BCUT2D eigenvalue weighted by molar-refractivity contribution is 7.09. The molecule has 1 fully saturated rings. The van der Waals surface area contributed by atoms with E-state index in [4.69, 9.17) is 10.5 Å². The lowest BCUT2D eigenvalue weighted by atomic mass is 10.0. The van der Waals surface area contributed by atoms with Gasteiger partial charge in [-0.1, -0.05) is 0 Å². The predicted molar refractivity (Wildman–Crippen MR) is 51.5 cm³/mol. The fourth-order valence-corrected chi connectivity index (χ4v) is 2.40. The van der Waals surface area contributed by atoms with Gasteiger partial charge in [-0.05, 0) is 25.7 Å². The molecule has 72 valence electrons. The molecule has 0 spiro atoms. The summed E-state index contributed by atoms with van der Waals surface area (Å²) in [5, 5.41) is 0.526. The van der Waals surface area contributed by atoms with Gasteiger partial charge in [-0.15, -0.1) is 0 Å². The Bertz CT molecular complexity index is 293. The third-order valence-corrected chi connectivity index (χ3v) is 3.19. The van der Waals surface area contributed by atoms with Gasteiger partial charge < -0.3 is 10.5 Å². The number of nitrogen functional groups attached to an aromatic ring is 1. The van der Waals surface area contributed by atoms with Crippen molar-refractivity contribution in [2.24, 2.45) is 0 Å². The van der Waals surface area contributed by atoms with E-state index >= 15 is 0 Å². The van der Waals surface area contributed by atoms with Crippen molar-refractivity contribution in [1.29, 1.82) is 0 Å². The van der Waals surface area contributed by atoms with E-state index in [2.05, 4.69) is 9.36 Å². The number of nitrogens with zero attached hydrogens (tertiary/aromatic N) is 2. The van der Waals surface area contributed by atoms with Gasteiger partial charge in [0.2, 0.25) is 0 Å². The van der Waals surface area contributed by atoms with Crippen molar-refractivity contribution >= 4 is 16.7 Å². The van der Waals surface area contributed by atoms with Crippen molar-refractivity contribution in [2.45, 2.75) is 31.3 Å². The zero-order valence-electron chi connectivity index (χ0n) is 7.62. The maximum absolute atomic E-state index is 5.55. The third-order valence-electron chi connectivity index (χ3n) is 2.65. The van der Waals surface area contributed by atoms with E-state index in [1.807, 2.05) is 0 Å². The highest BCUT2D eigenvalue weighted by Gasteiger charge is 2.39. The van der Waals surface area contributed by atoms with E-state index in [1.54, 1.807) is 7.11 Å². The Hall–Kier alpha value is -0.680.